The van der Waals surface area contributed by atoms with Crippen molar-refractivity contribution in [3.8, 4) is 5.75 Å². The van der Waals surface area contributed by atoms with Gasteiger partial charge in [0.1, 0.15) is 5.75 Å². The summed E-state index contributed by atoms with van der Waals surface area (Å²) in [6.45, 7) is 13.1. The van der Waals surface area contributed by atoms with Gasteiger partial charge in [0, 0.05) is 44.8 Å². The number of carbonyl (C=O) groups excluding carboxylic acids is 1. The summed E-state index contributed by atoms with van der Waals surface area (Å²) in [7, 11) is 2.13. The van der Waals surface area contributed by atoms with E-state index in [2.05, 4.69) is 28.3 Å². The number of allylic oxidation sites excluding steroid dienone is 1. The number of rotatable bonds is 10. The number of benzene rings is 1. The SMILES string of the molecule is C=C(CN1CCN(C)CC1)C(=O)/C=C/c1ccc(OCCCN2CCCCC2)cc1. The summed E-state index contributed by atoms with van der Waals surface area (Å²) in [6, 6.07) is 7.94. The first-order chi connectivity index (χ1) is 14.6. The smallest absolute Gasteiger partial charge is 0.182 e. The lowest BCUT2D eigenvalue weighted by Gasteiger charge is -2.32. The van der Waals surface area contributed by atoms with E-state index in [0.717, 1.165) is 57.1 Å². The molecular formula is C25H37N3O2. The molecule has 2 aliphatic heterocycles. The normalized spacial score (nSPS) is 19.2. The molecule has 0 atom stereocenters. The first kappa shape index (κ1) is 22.7. The molecule has 2 fully saturated rings. The summed E-state index contributed by atoms with van der Waals surface area (Å²) in [5.41, 5.74) is 1.65. The molecule has 1 aromatic rings. The second kappa shape index (κ2) is 12.0. The second-order valence-electron chi connectivity index (χ2n) is 8.55. The molecule has 2 heterocycles. The van der Waals surface area contributed by atoms with Crippen molar-refractivity contribution in [2.24, 2.45) is 0 Å². The van der Waals surface area contributed by atoms with Gasteiger partial charge in [-0.1, -0.05) is 31.2 Å². The van der Waals surface area contributed by atoms with E-state index in [-0.39, 0.29) is 5.78 Å². The maximum Gasteiger partial charge on any atom is 0.182 e. The fraction of sp³-hybridized carbons (Fsp3) is 0.560. The van der Waals surface area contributed by atoms with Crippen LogP contribution < -0.4 is 4.74 Å². The van der Waals surface area contributed by atoms with Crippen LogP contribution >= 0.6 is 0 Å². The molecule has 5 heteroatoms. The zero-order valence-corrected chi connectivity index (χ0v) is 18.5. The maximum atomic E-state index is 12.4. The van der Waals surface area contributed by atoms with Crippen molar-refractivity contribution in [2.75, 3.05) is 66.0 Å². The molecule has 0 unspecified atom stereocenters. The van der Waals surface area contributed by atoms with Gasteiger partial charge in [-0.15, -0.1) is 0 Å². The number of piperidine rings is 1. The summed E-state index contributed by atoms with van der Waals surface area (Å²) in [6.07, 6.45) is 8.60. The number of nitrogens with zero attached hydrogens (tertiary/aromatic N) is 3. The average Bonchev–Trinajstić information content (AvgIpc) is 2.78. The van der Waals surface area contributed by atoms with Gasteiger partial charge in [0.05, 0.1) is 6.61 Å². The lowest BCUT2D eigenvalue weighted by atomic mass is 10.1. The van der Waals surface area contributed by atoms with Gasteiger partial charge in [0.15, 0.2) is 5.78 Å². The average molecular weight is 412 g/mol. The largest absolute Gasteiger partial charge is 0.494 e. The van der Waals surface area contributed by atoms with E-state index in [1.54, 1.807) is 6.08 Å². The zero-order valence-electron chi connectivity index (χ0n) is 18.5. The van der Waals surface area contributed by atoms with E-state index >= 15 is 0 Å². The second-order valence-corrected chi connectivity index (χ2v) is 8.55. The topological polar surface area (TPSA) is 36.0 Å². The Hall–Kier alpha value is -1.95. The lowest BCUT2D eigenvalue weighted by Crippen LogP contribution is -2.45. The van der Waals surface area contributed by atoms with Gasteiger partial charge in [-0.2, -0.15) is 0 Å². The van der Waals surface area contributed by atoms with E-state index in [9.17, 15) is 4.79 Å². The van der Waals surface area contributed by atoms with Gasteiger partial charge < -0.3 is 14.5 Å². The van der Waals surface area contributed by atoms with Crippen molar-refractivity contribution < 1.29 is 9.53 Å². The number of likely N-dealkylation sites (N-methyl/N-ethyl adjacent to an activating group) is 1. The van der Waals surface area contributed by atoms with Crippen molar-refractivity contribution in [1.82, 2.24) is 14.7 Å². The summed E-state index contributed by atoms with van der Waals surface area (Å²) in [5.74, 6) is 0.892. The first-order valence-electron chi connectivity index (χ1n) is 11.4. The standard InChI is InChI=1S/C25H37N3O2/c1-22(21-28-18-16-26(2)17-19-28)25(29)12-9-23-7-10-24(11-8-23)30-20-6-15-27-13-4-3-5-14-27/h7-12H,1,3-6,13-21H2,2H3/b12-9+. The maximum absolute atomic E-state index is 12.4. The van der Waals surface area contributed by atoms with Crippen molar-refractivity contribution in [3.63, 3.8) is 0 Å². The molecular weight excluding hydrogens is 374 g/mol. The Morgan fingerprint density at radius 1 is 1.00 bits per heavy atom. The van der Waals surface area contributed by atoms with Crippen LogP contribution in [0.25, 0.3) is 6.08 Å². The Balaban J connectivity index is 1.36. The summed E-state index contributed by atoms with van der Waals surface area (Å²) in [4.78, 5) is 19.5. The Bertz CT molecular complexity index is 700. The van der Waals surface area contributed by atoms with Gasteiger partial charge in [0.25, 0.3) is 0 Å². The van der Waals surface area contributed by atoms with Crippen LogP contribution in [-0.4, -0.2) is 86.5 Å². The van der Waals surface area contributed by atoms with Crippen LogP contribution in [0, 0.1) is 0 Å². The zero-order chi connectivity index (χ0) is 21.2. The minimum absolute atomic E-state index is 0.00645. The van der Waals surface area contributed by atoms with Crippen LogP contribution in [0.2, 0.25) is 0 Å². The van der Waals surface area contributed by atoms with Crippen LogP contribution in [0.1, 0.15) is 31.2 Å². The number of carbonyl (C=O) groups is 1. The third kappa shape index (κ3) is 7.71. The molecule has 30 heavy (non-hydrogen) atoms. The minimum Gasteiger partial charge on any atom is -0.494 e. The van der Waals surface area contributed by atoms with Crippen LogP contribution in [0.4, 0.5) is 0 Å². The summed E-state index contributed by atoms with van der Waals surface area (Å²) in [5, 5.41) is 0. The van der Waals surface area contributed by atoms with E-state index in [1.807, 2.05) is 30.3 Å². The minimum atomic E-state index is 0.00645. The highest BCUT2D eigenvalue weighted by molar-refractivity contribution is 6.06. The summed E-state index contributed by atoms with van der Waals surface area (Å²) >= 11 is 0. The molecule has 0 aliphatic carbocycles. The quantitative estimate of drug-likeness (QED) is 0.436. The summed E-state index contributed by atoms with van der Waals surface area (Å²) < 4.78 is 5.87. The van der Waals surface area contributed by atoms with E-state index in [1.165, 1.54) is 32.4 Å². The molecule has 164 valence electrons. The first-order valence-corrected chi connectivity index (χ1v) is 11.4. The molecule has 5 nitrogen and oxygen atoms in total. The predicted molar refractivity (Wildman–Crippen MR) is 124 cm³/mol. The predicted octanol–water partition coefficient (Wildman–Crippen LogP) is 3.33. The Morgan fingerprint density at radius 2 is 1.70 bits per heavy atom. The van der Waals surface area contributed by atoms with E-state index < -0.39 is 0 Å². The van der Waals surface area contributed by atoms with E-state index in [0.29, 0.717) is 12.1 Å². The molecule has 0 radical (unpaired) electrons. The molecule has 3 rings (SSSR count). The van der Waals surface area contributed by atoms with Crippen LogP contribution in [0.5, 0.6) is 5.75 Å². The van der Waals surface area contributed by atoms with Gasteiger partial charge in [-0.25, -0.2) is 0 Å². The number of piperazine rings is 1. The molecule has 1 aromatic carbocycles. The van der Waals surface area contributed by atoms with E-state index in [4.69, 9.17) is 4.74 Å². The van der Waals surface area contributed by atoms with Crippen LogP contribution in [-0.2, 0) is 4.79 Å². The fourth-order valence-corrected chi connectivity index (χ4v) is 3.98. The Kier molecular flexibility index (Phi) is 9.12. The lowest BCUT2D eigenvalue weighted by molar-refractivity contribution is -0.111. The van der Waals surface area contributed by atoms with Gasteiger partial charge >= 0.3 is 0 Å². The highest BCUT2D eigenvalue weighted by atomic mass is 16.5. The van der Waals surface area contributed by atoms with Crippen LogP contribution in [0.15, 0.2) is 42.5 Å². The van der Waals surface area contributed by atoms with Gasteiger partial charge in [-0.3, -0.25) is 9.69 Å². The Morgan fingerprint density at radius 3 is 2.40 bits per heavy atom. The van der Waals surface area contributed by atoms with Crippen molar-refractivity contribution >= 4 is 11.9 Å². The van der Waals surface area contributed by atoms with Crippen molar-refractivity contribution in [3.05, 3.63) is 48.1 Å². The third-order valence-electron chi connectivity index (χ3n) is 6.00. The fourth-order valence-electron chi connectivity index (χ4n) is 3.98. The number of likely N-dealkylation sites (tertiary alicyclic amines) is 1. The number of ether oxygens (including phenoxy) is 1. The Labute approximate surface area is 182 Å². The van der Waals surface area contributed by atoms with Crippen molar-refractivity contribution in [2.45, 2.75) is 25.7 Å². The highest BCUT2D eigenvalue weighted by Gasteiger charge is 2.16. The molecule has 0 N–H and O–H groups in total. The van der Waals surface area contributed by atoms with Crippen molar-refractivity contribution in [1.29, 1.82) is 0 Å². The van der Waals surface area contributed by atoms with Gasteiger partial charge in [-0.05, 0) is 63.2 Å². The molecule has 0 aromatic heterocycles. The molecule has 2 saturated heterocycles. The number of hydrogen-bond acceptors (Lipinski definition) is 5. The molecule has 0 amide bonds. The van der Waals surface area contributed by atoms with Gasteiger partial charge in [0.2, 0.25) is 0 Å². The van der Waals surface area contributed by atoms with Crippen LogP contribution in [0.3, 0.4) is 0 Å². The molecule has 0 saturated carbocycles. The number of ketones is 1. The number of hydrogen-bond donors (Lipinski definition) is 0. The monoisotopic (exact) mass is 411 g/mol. The molecule has 0 bridgehead atoms. The highest BCUT2D eigenvalue weighted by Crippen LogP contribution is 2.15. The molecule has 0 spiro atoms. The molecule has 2 aliphatic rings. The third-order valence-corrected chi connectivity index (χ3v) is 6.00.